The maximum atomic E-state index is 12.9. The normalized spacial score (nSPS) is 13.8. The second-order valence-corrected chi connectivity index (χ2v) is 6.59. The summed E-state index contributed by atoms with van der Waals surface area (Å²) >= 11 is 0. The van der Waals surface area contributed by atoms with Gasteiger partial charge in [0, 0.05) is 24.2 Å². The fourth-order valence-corrected chi connectivity index (χ4v) is 3.38. The van der Waals surface area contributed by atoms with Gasteiger partial charge in [-0.05, 0) is 37.6 Å². The molecule has 0 atom stereocenters. The van der Waals surface area contributed by atoms with Gasteiger partial charge in [0.05, 0.1) is 36.5 Å². The zero-order chi connectivity index (χ0) is 17.4. The lowest BCUT2D eigenvalue weighted by atomic mass is 10.1. The lowest BCUT2D eigenvalue weighted by Gasteiger charge is -2.26. The third kappa shape index (κ3) is 3.07. The molecule has 6 nitrogen and oxygen atoms in total. The molecule has 1 amide bonds. The number of nitrogens with one attached hydrogen (secondary N) is 1. The Hall–Kier alpha value is -2.89. The molecule has 0 radical (unpaired) electrons. The Kier molecular flexibility index (Phi) is 3.87. The molecule has 2 aromatic heterocycles. The highest BCUT2D eigenvalue weighted by atomic mass is 16.2. The summed E-state index contributed by atoms with van der Waals surface area (Å²) in [6.07, 6.45) is 2.50. The highest BCUT2D eigenvalue weighted by molar-refractivity contribution is 5.94. The van der Waals surface area contributed by atoms with Crippen molar-refractivity contribution in [3.63, 3.8) is 0 Å². The van der Waals surface area contributed by atoms with E-state index in [1.165, 1.54) is 0 Å². The first kappa shape index (κ1) is 15.6. The number of aryl methyl sites for hydroxylation is 2. The number of aromatic nitrogens is 4. The van der Waals surface area contributed by atoms with Crippen LogP contribution >= 0.6 is 0 Å². The highest BCUT2D eigenvalue weighted by Crippen LogP contribution is 2.18. The molecule has 4 rings (SSSR count). The van der Waals surface area contributed by atoms with E-state index in [-0.39, 0.29) is 5.91 Å². The monoisotopic (exact) mass is 335 g/mol. The summed E-state index contributed by atoms with van der Waals surface area (Å²) in [7, 11) is 0. The zero-order valence-electron chi connectivity index (χ0n) is 14.5. The minimum Gasteiger partial charge on any atom is -0.347 e. The van der Waals surface area contributed by atoms with Crippen molar-refractivity contribution in [1.82, 2.24) is 24.6 Å². The van der Waals surface area contributed by atoms with Gasteiger partial charge in [0.15, 0.2) is 0 Å². The molecule has 1 aliphatic heterocycles. The van der Waals surface area contributed by atoms with Crippen molar-refractivity contribution >= 4 is 5.91 Å². The molecular formula is C19H21N5O. The molecule has 1 aromatic carbocycles. The minimum absolute atomic E-state index is 0.0652. The Morgan fingerprint density at radius 3 is 2.96 bits per heavy atom. The summed E-state index contributed by atoms with van der Waals surface area (Å²) in [6.45, 7) is 6.01. The molecule has 6 heteroatoms. The smallest absolute Gasteiger partial charge is 0.254 e. The first-order valence-corrected chi connectivity index (χ1v) is 8.50. The van der Waals surface area contributed by atoms with Crippen molar-refractivity contribution in [2.45, 2.75) is 33.4 Å². The van der Waals surface area contributed by atoms with E-state index in [2.05, 4.69) is 21.1 Å². The van der Waals surface area contributed by atoms with E-state index in [4.69, 9.17) is 0 Å². The minimum atomic E-state index is 0.0652. The molecule has 0 bridgehead atoms. The number of hydrogen-bond acceptors (Lipinski definition) is 3. The fraction of sp³-hybridized carbons (Fsp3) is 0.316. The van der Waals surface area contributed by atoms with Crippen molar-refractivity contribution in [3.05, 3.63) is 70.6 Å². The van der Waals surface area contributed by atoms with E-state index < -0.39 is 0 Å². The van der Waals surface area contributed by atoms with Gasteiger partial charge in [-0.1, -0.05) is 12.1 Å². The SMILES string of the molecule is Cc1cc(C)n(Cc2cccc(C(=O)N3CCc4nc[nH]c4C3)c2)n1. The first-order chi connectivity index (χ1) is 12.1. The number of carbonyl (C=O) groups is 1. The van der Waals surface area contributed by atoms with Gasteiger partial charge in [-0.3, -0.25) is 9.48 Å². The number of carbonyl (C=O) groups excluding carboxylic acids is 1. The maximum Gasteiger partial charge on any atom is 0.254 e. The van der Waals surface area contributed by atoms with Gasteiger partial charge in [-0.15, -0.1) is 0 Å². The second-order valence-electron chi connectivity index (χ2n) is 6.59. The molecule has 0 saturated heterocycles. The standard InChI is InChI=1S/C19H21N5O/c1-13-8-14(2)24(22-13)10-15-4-3-5-16(9-15)19(25)23-7-6-17-18(11-23)21-12-20-17/h3-5,8-9,12H,6-7,10-11H2,1-2H3,(H,20,21). The first-order valence-electron chi connectivity index (χ1n) is 8.50. The number of H-pyrrole nitrogens is 1. The maximum absolute atomic E-state index is 12.9. The molecular weight excluding hydrogens is 314 g/mol. The summed E-state index contributed by atoms with van der Waals surface area (Å²) in [6, 6.07) is 9.90. The van der Waals surface area contributed by atoms with E-state index in [9.17, 15) is 4.79 Å². The van der Waals surface area contributed by atoms with Crippen LogP contribution in [0.5, 0.6) is 0 Å². The van der Waals surface area contributed by atoms with Gasteiger partial charge in [0.1, 0.15) is 0 Å². The topological polar surface area (TPSA) is 66.8 Å². The molecule has 0 aliphatic carbocycles. The second kappa shape index (κ2) is 6.20. The molecule has 0 saturated carbocycles. The summed E-state index contributed by atoms with van der Waals surface area (Å²) in [5.74, 6) is 0.0652. The van der Waals surface area contributed by atoms with E-state index in [0.717, 1.165) is 40.3 Å². The lowest BCUT2D eigenvalue weighted by Crippen LogP contribution is -2.36. The van der Waals surface area contributed by atoms with Gasteiger partial charge in [-0.25, -0.2) is 4.98 Å². The molecule has 3 aromatic rings. The number of imidazole rings is 1. The average Bonchev–Trinajstić information content (AvgIpc) is 3.20. The van der Waals surface area contributed by atoms with E-state index in [1.54, 1.807) is 6.33 Å². The summed E-state index contributed by atoms with van der Waals surface area (Å²) < 4.78 is 1.97. The number of aromatic amines is 1. The van der Waals surface area contributed by atoms with Crippen LogP contribution in [0.4, 0.5) is 0 Å². The summed E-state index contributed by atoms with van der Waals surface area (Å²) in [5.41, 5.74) is 6.05. The van der Waals surface area contributed by atoms with E-state index >= 15 is 0 Å². The van der Waals surface area contributed by atoms with Crippen molar-refractivity contribution in [2.24, 2.45) is 0 Å². The van der Waals surface area contributed by atoms with Crippen molar-refractivity contribution in [2.75, 3.05) is 6.54 Å². The Balaban J connectivity index is 1.53. The molecule has 3 heterocycles. The predicted molar refractivity (Wildman–Crippen MR) is 94.3 cm³/mol. The Morgan fingerprint density at radius 1 is 1.28 bits per heavy atom. The molecule has 1 aliphatic rings. The van der Waals surface area contributed by atoms with Gasteiger partial charge in [-0.2, -0.15) is 5.10 Å². The van der Waals surface area contributed by atoms with Crippen LogP contribution in [0, 0.1) is 13.8 Å². The van der Waals surface area contributed by atoms with Crippen LogP contribution < -0.4 is 0 Å². The quantitative estimate of drug-likeness (QED) is 0.799. The predicted octanol–water partition coefficient (Wildman–Crippen LogP) is 2.47. The van der Waals surface area contributed by atoms with E-state index in [1.807, 2.05) is 47.7 Å². The largest absolute Gasteiger partial charge is 0.347 e. The van der Waals surface area contributed by atoms with Gasteiger partial charge in [0.25, 0.3) is 5.91 Å². The van der Waals surface area contributed by atoms with Crippen LogP contribution in [0.1, 0.15) is 38.7 Å². The molecule has 25 heavy (non-hydrogen) atoms. The number of amides is 1. The third-order valence-electron chi connectivity index (χ3n) is 4.67. The van der Waals surface area contributed by atoms with Crippen LogP contribution in [0.15, 0.2) is 36.7 Å². The lowest BCUT2D eigenvalue weighted by molar-refractivity contribution is 0.0732. The van der Waals surface area contributed by atoms with Crippen molar-refractivity contribution < 1.29 is 4.79 Å². The number of hydrogen-bond donors (Lipinski definition) is 1. The zero-order valence-corrected chi connectivity index (χ0v) is 14.5. The summed E-state index contributed by atoms with van der Waals surface area (Å²) in [4.78, 5) is 22.2. The highest BCUT2D eigenvalue weighted by Gasteiger charge is 2.23. The van der Waals surface area contributed by atoms with Crippen molar-refractivity contribution in [3.8, 4) is 0 Å². The molecule has 0 fully saturated rings. The Labute approximate surface area is 146 Å². The molecule has 128 valence electrons. The van der Waals surface area contributed by atoms with Crippen LogP contribution in [-0.2, 0) is 19.5 Å². The number of rotatable bonds is 3. The van der Waals surface area contributed by atoms with Crippen molar-refractivity contribution in [1.29, 1.82) is 0 Å². The van der Waals surface area contributed by atoms with Gasteiger partial charge >= 0.3 is 0 Å². The fourth-order valence-electron chi connectivity index (χ4n) is 3.38. The molecule has 0 spiro atoms. The third-order valence-corrected chi connectivity index (χ3v) is 4.67. The number of fused-ring (bicyclic) bond motifs is 1. The molecule has 0 unspecified atom stereocenters. The Morgan fingerprint density at radius 2 is 2.16 bits per heavy atom. The number of benzene rings is 1. The van der Waals surface area contributed by atoms with Gasteiger partial charge < -0.3 is 9.88 Å². The Bertz CT molecular complexity index is 924. The van der Waals surface area contributed by atoms with Gasteiger partial charge in [0.2, 0.25) is 0 Å². The van der Waals surface area contributed by atoms with Crippen LogP contribution in [0.2, 0.25) is 0 Å². The number of nitrogens with zero attached hydrogens (tertiary/aromatic N) is 4. The van der Waals surface area contributed by atoms with E-state index in [0.29, 0.717) is 19.6 Å². The van der Waals surface area contributed by atoms with Crippen LogP contribution in [0.3, 0.4) is 0 Å². The molecule has 1 N–H and O–H groups in total. The average molecular weight is 335 g/mol. The van der Waals surface area contributed by atoms with Crippen LogP contribution in [-0.4, -0.2) is 37.1 Å². The van der Waals surface area contributed by atoms with Crippen LogP contribution in [0.25, 0.3) is 0 Å². The summed E-state index contributed by atoms with van der Waals surface area (Å²) in [5, 5.41) is 4.50.